The van der Waals surface area contributed by atoms with Gasteiger partial charge in [-0.2, -0.15) is 0 Å². The van der Waals surface area contributed by atoms with Crippen molar-refractivity contribution in [1.29, 1.82) is 0 Å². The predicted octanol–water partition coefficient (Wildman–Crippen LogP) is 3.58. The van der Waals surface area contributed by atoms with Crippen molar-refractivity contribution in [2.24, 2.45) is 0 Å². The van der Waals surface area contributed by atoms with Crippen molar-refractivity contribution >= 4 is 11.8 Å². The Balaban J connectivity index is 1.74. The lowest BCUT2D eigenvalue weighted by atomic mass is 10.0. The Morgan fingerprint density at radius 1 is 1.15 bits per heavy atom. The van der Waals surface area contributed by atoms with Crippen LogP contribution in [0, 0.1) is 5.82 Å². The van der Waals surface area contributed by atoms with E-state index in [9.17, 15) is 14.0 Å². The van der Waals surface area contributed by atoms with Gasteiger partial charge in [0.25, 0.3) is 0 Å². The molecule has 2 amide bonds. The van der Waals surface area contributed by atoms with Crippen molar-refractivity contribution in [1.82, 2.24) is 10.2 Å². The number of carbonyl (C=O) groups is 2. The largest absolute Gasteiger partial charge is 0.349 e. The predicted molar refractivity (Wildman–Crippen MR) is 97.6 cm³/mol. The van der Waals surface area contributed by atoms with Crippen molar-refractivity contribution in [3.63, 3.8) is 0 Å². The van der Waals surface area contributed by atoms with Crippen molar-refractivity contribution in [2.75, 3.05) is 0 Å². The summed E-state index contributed by atoms with van der Waals surface area (Å²) in [4.78, 5) is 26.3. The molecule has 26 heavy (non-hydrogen) atoms. The molecule has 3 rings (SSSR count). The Hall–Kier alpha value is -2.69. The summed E-state index contributed by atoms with van der Waals surface area (Å²) in [6.07, 6.45) is 2.13. The van der Waals surface area contributed by atoms with Crippen LogP contribution in [0.5, 0.6) is 0 Å². The van der Waals surface area contributed by atoms with Crippen LogP contribution in [0.2, 0.25) is 0 Å². The number of carbonyl (C=O) groups excluding carboxylic acids is 2. The number of rotatable bonds is 7. The zero-order chi connectivity index (χ0) is 18.5. The zero-order valence-electron chi connectivity index (χ0n) is 14.8. The number of nitrogens with zero attached hydrogens (tertiary/aromatic N) is 1. The molecule has 0 radical (unpaired) electrons. The molecule has 1 aliphatic rings. The lowest BCUT2D eigenvalue weighted by molar-refractivity contribution is -0.133. The smallest absolute Gasteiger partial charge is 0.225 e. The van der Waals surface area contributed by atoms with Crippen LogP contribution in [0.1, 0.15) is 43.4 Å². The first kappa shape index (κ1) is 18.1. The van der Waals surface area contributed by atoms with Gasteiger partial charge in [0.05, 0.1) is 12.5 Å². The third-order valence-corrected chi connectivity index (χ3v) is 4.51. The molecule has 1 aliphatic carbocycles. The van der Waals surface area contributed by atoms with Gasteiger partial charge >= 0.3 is 0 Å². The summed E-state index contributed by atoms with van der Waals surface area (Å²) in [5.74, 6) is -0.500. The highest BCUT2D eigenvalue weighted by Crippen LogP contribution is 2.30. The van der Waals surface area contributed by atoms with Gasteiger partial charge in [-0.1, -0.05) is 42.5 Å². The maximum atomic E-state index is 13.5. The van der Waals surface area contributed by atoms with Crippen molar-refractivity contribution < 1.29 is 14.0 Å². The molecular weight excluding hydrogens is 331 g/mol. The molecule has 0 aromatic heterocycles. The van der Waals surface area contributed by atoms with Gasteiger partial charge in [0.2, 0.25) is 11.8 Å². The van der Waals surface area contributed by atoms with Crippen LogP contribution in [-0.4, -0.2) is 22.8 Å². The SMILES string of the molecule is CC(=O)NC(CC(=O)N(Cc1cccc(F)c1)C1CC1)c1ccccc1. The summed E-state index contributed by atoms with van der Waals surface area (Å²) in [6, 6.07) is 15.7. The Labute approximate surface area is 153 Å². The zero-order valence-corrected chi connectivity index (χ0v) is 14.8. The standard InChI is InChI=1S/C21H23FN2O2/c1-15(25)23-20(17-7-3-2-4-8-17)13-21(26)24(19-10-11-19)14-16-6-5-9-18(22)12-16/h2-9,12,19-20H,10-11,13-14H2,1H3,(H,23,25). The fourth-order valence-electron chi connectivity index (χ4n) is 3.11. The maximum absolute atomic E-state index is 13.5. The normalized spacial score (nSPS) is 14.5. The highest BCUT2D eigenvalue weighted by atomic mass is 19.1. The van der Waals surface area contributed by atoms with Crippen molar-refractivity contribution in [3.8, 4) is 0 Å². The van der Waals surface area contributed by atoms with E-state index in [-0.39, 0.29) is 36.1 Å². The van der Waals surface area contributed by atoms with Gasteiger partial charge in [-0.25, -0.2) is 4.39 Å². The first-order valence-electron chi connectivity index (χ1n) is 8.89. The molecule has 4 nitrogen and oxygen atoms in total. The molecule has 0 spiro atoms. The van der Waals surface area contributed by atoms with Crippen molar-refractivity contribution in [3.05, 3.63) is 71.5 Å². The highest BCUT2D eigenvalue weighted by molar-refractivity contribution is 5.79. The fourth-order valence-corrected chi connectivity index (χ4v) is 3.11. The number of hydrogen-bond acceptors (Lipinski definition) is 2. The number of halogens is 1. The lowest BCUT2D eigenvalue weighted by Crippen LogP contribution is -2.37. The molecule has 0 saturated heterocycles. The summed E-state index contributed by atoms with van der Waals surface area (Å²) in [5.41, 5.74) is 1.68. The fraction of sp³-hybridized carbons (Fsp3) is 0.333. The first-order chi connectivity index (χ1) is 12.5. The third-order valence-electron chi connectivity index (χ3n) is 4.51. The van der Waals surface area contributed by atoms with Crippen molar-refractivity contribution in [2.45, 2.75) is 44.8 Å². The van der Waals surface area contributed by atoms with E-state index in [4.69, 9.17) is 0 Å². The second-order valence-corrected chi connectivity index (χ2v) is 6.75. The highest BCUT2D eigenvalue weighted by Gasteiger charge is 2.33. The molecule has 1 fully saturated rings. The molecule has 5 heteroatoms. The third kappa shape index (κ3) is 4.91. The number of amides is 2. The minimum Gasteiger partial charge on any atom is -0.349 e. The second-order valence-electron chi connectivity index (χ2n) is 6.75. The van der Waals surface area contributed by atoms with E-state index in [1.54, 1.807) is 6.07 Å². The minimum atomic E-state index is -0.366. The van der Waals surface area contributed by atoms with Gasteiger partial charge < -0.3 is 10.2 Å². The van der Waals surface area contributed by atoms with E-state index in [2.05, 4.69) is 5.32 Å². The molecular formula is C21H23FN2O2. The molecule has 1 saturated carbocycles. The van der Waals surface area contributed by atoms with Gasteiger partial charge in [0, 0.05) is 19.5 Å². The van der Waals surface area contributed by atoms with Gasteiger partial charge in [-0.3, -0.25) is 9.59 Å². The molecule has 2 aromatic rings. The molecule has 0 bridgehead atoms. The Bertz CT molecular complexity index is 775. The van der Waals surface area contributed by atoms with E-state index in [0.717, 1.165) is 24.0 Å². The van der Waals surface area contributed by atoms with Gasteiger partial charge in [-0.05, 0) is 36.1 Å². The van der Waals surface area contributed by atoms with Crippen LogP contribution >= 0.6 is 0 Å². The molecule has 1 N–H and O–H groups in total. The first-order valence-corrected chi connectivity index (χ1v) is 8.89. The average Bonchev–Trinajstić information content (AvgIpc) is 3.44. The van der Waals surface area contributed by atoms with Gasteiger partial charge in [0.15, 0.2) is 0 Å². The minimum absolute atomic E-state index is 0.0284. The number of hydrogen-bond donors (Lipinski definition) is 1. The van der Waals surface area contributed by atoms with E-state index < -0.39 is 0 Å². The summed E-state index contributed by atoms with van der Waals surface area (Å²) < 4.78 is 13.5. The molecule has 0 aliphatic heterocycles. The summed E-state index contributed by atoms with van der Waals surface area (Å²) in [7, 11) is 0. The number of nitrogens with one attached hydrogen (secondary N) is 1. The van der Waals surface area contributed by atoms with Crippen LogP contribution < -0.4 is 5.32 Å². The average molecular weight is 354 g/mol. The Morgan fingerprint density at radius 2 is 1.88 bits per heavy atom. The molecule has 2 aromatic carbocycles. The monoisotopic (exact) mass is 354 g/mol. The Kier molecular flexibility index (Phi) is 5.66. The van der Waals surface area contributed by atoms with Crippen LogP contribution in [0.25, 0.3) is 0 Å². The molecule has 1 atom stereocenters. The lowest BCUT2D eigenvalue weighted by Gasteiger charge is -2.26. The summed E-state index contributed by atoms with van der Waals surface area (Å²) in [5, 5.41) is 2.87. The number of benzene rings is 2. The molecule has 136 valence electrons. The molecule has 1 unspecified atom stereocenters. The van der Waals surface area contributed by atoms with E-state index >= 15 is 0 Å². The van der Waals surface area contributed by atoms with Gasteiger partial charge in [-0.15, -0.1) is 0 Å². The quantitative estimate of drug-likeness (QED) is 0.826. The van der Waals surface area contributed by atoms with E-state index in [1.165, 1.54) is 19.1 Å². The van der Waals surface area contributed by atoms with Crippen LogP contribution in [0.15, 0.2) is 54.6 Å². The van der Waals surface area contributed by atoms with Crippen LogP contribution in [0.4, 0.5) is 4.39 Å². The summed E-state index contributed by atoms with van der Waals surface area (Å²) >= 11 is 0. The van der Waals surface area contributed by atoms with Gasteiger partial charge in [0.1, 0.15) is 5.82 Å². The van der Waals surface area contributed by atoms with E-state index in [1.807, 2.05) is 41.3 Å². The van der Waals surface area contributed by atoms with E-state index in [0.29, 0.717) is 6.54 Å². The second kappa shape index (κ2) is 8.13. The summed E-state index contributed by atoms with van der Waals surface area (Å²) in [6.45, 7) is 1.84. The maximum Gasteiger partial charge on any atom is 0.225 e. The van der Waals surface area contributed by atoms with Crippen LogP contribution in [-0.2, 0) is 16.1 Å². The van der Waals surface area contributed by atoms with Crippen LogP contribution in [0.3, 0.4) is 0 Å². The topological polar surface area (TPSA) is 49.4 Å². The Morgan fingerprint density at radius 3 is 2.50 bits per heavy atom. The molecule has 0 heterocycles.